The summed E-state index contributed by atoms with van der Waals surface area (Å²) < 4.78 is 41.0. The van der Waals surface area contributed by atoms with Gasteiger partial charge in [0, 0.05) is 11.5 Å². The molecule has 11 heteroatoms. The summed E-state index contributed by atoms with van der Waals surface area (Å²) in [7, 11) is -3.67. The molecule has 0 amide bonds. The van der Waals surface area contributed by atoms with Crippen molar-refractivity contribution in [3.05, 3.63) is 10.4 Å². The fourth-order valence-corrected chi connectivity index (χ4v) is 0.764. The summed E-state index contributed by atoms with van der Waals surface area (Å²) in [5.74, 6) is 0. The Morgan fingerprint density at radius 1 is 1.20 bits per heavy atom. The highest BCUT2D eigenvalue weighted by atomic mass is 32.2. The monoisotopic (exact) mass is 315 g/mol. The third-order valence-corrected chi connectivity index (χ3v) is 1.40. The molecule has 2 N–H and O–H groups in total. The van der Waals surface area contributed by atoms with Crippen molar-refractivity contribution in [2.45, 2.75) is 13.2 Å². The number of azide groups is 1. The highest BCUT2D eigenvalue weighted by Gasteiger charge is 1.99. The molecule has 0 radical (unpaired) electrons. The summed E-state index contributed by atoms with van der Waals surface area (Å²) in [6.45, 7) is 4.45. The Balaban J connectivity index is 0. The van der Waals surface area contributed by atoms with E-state index < -0.39 is 16.3 Å². The van der Waals surface area contributed by atoms with Gasteiger partial charge in [0.15, 0.2) is 6.23 Å². The van der Waals surface area contributed by atoms with Crippen LogP contribution in [0.25, 0.3) is 10.4 Å². The van der Waals surface area contributed by atoms with E-state index >= 15 is 0 Å². The number of aliphatic hydroxyl groups excluding tert-OH is 1. The molecular weight excluding hydrogens is 294 g/mol. The Morgan fingerprint density at radius 3 is 2.10 bits per heavy atom. The van der Waals surface area contributed by atoms with Crippen LogP contribution in [-0.2, 0) is 24.3 Å². The van der Waals surface area contributed by atoms with Crippen LogP contribution < -0.4 is 0 Å². The molecule has 0 rings (SSSR count). The summed E-state index contributed by atoms with van der Waals surface area (Å²) in [5.41, 5.74) is 7.96. The first-order chi connectivity index (χ1) is 9.31. The molecule has 0 aromatic carbocycles. The predicted molar refractivity (Wildman–Crippen MR) is 70.8 cm³/mol. The molecule has 1 unspecified atom stereocenters. The third kappa shape index (κ3) is 30.3. The zero-order valence-corrected chi connectivity index (χ0v) is 12.3. The van der Waals surface area contributed by atoms with Gasteiger partial charge in [-0.2, -0.15) is 8.42 Å². The minimum Gasteiger partial charge on any atom is -0.385 e. The van der Waals surface area contributed by atoms with E-state index in [-0.39, 0.29) is 6.61 Å². The van der Waals surface area contributed by atoms with Crippen molar-refractivity contribution in [1.82, 2.24) is 0 Å². The molecule has 0 aromatic rings. The Hall–Kier alpha value is -0.940. The highest BCUT2D eigenvalue weighted by molar-refractivity contribution is 7.85. The average Bonchev–Trinajstić information content (AvgIpc) is 2.31. The quantitative estimate of drug-likeness (QED) is 0.192. The van der Waals surface area contributed by atoms with E-state index in [0.717, 1.165) is 0 Å². The van der Waals surface area contributed by atoms with Gasteiger partial charge < -0.3 is 19.3 Å². The van der Waals surface area contributed by atoms with Gasteiger partial charge in [0.25, 0.3) is 10.1 Å². The zero-order valence-electron chi connectivity index (χ0n) is 11.5. The van der Waals surface area contributed by atoms with E-state index in [1.165, 1.54) is 0 Å². The average molecular weight is 315 g/mol. The number of hydrogen-bond acceptors (Lipinski definition) is 7. The first kappa shape index (κ1) is 21.4. The van der Waals surface area contributed by atoms with Crippen molar-refractivity contribution in [1.29, 1.82) is 0 Å². The number of hydrogen-bond donors (Lipinski definition) is 2. The van der Waals surface area contributed by atoms with Gasteiger partial charge in [-0.3, -0.25) is 4.55 Å². The van der Waals surface area contributed by atoms with Crippen LogP contribution in [0.2, 0.25) is 0 Å². The van der Waals surface area contributed by atoms with E-state index in [0.29, 0.717) is 39.3 Å². The number of rotatable bonds is 10. The molecule has 0 fully saturated rings. The number of aliphatic hydroxyl groups is 1. The summed E-state index contributed by atoms with van der Waals surface area (Å²) in [6.07, 6.45) is -0.411. The molecule has 0 spiro atoms. The van der Waals surface area contributed by atoms with Crippen LogP contribution in [0.15, 0.2) is 5.11 Å². The molecule has 0 aliphatic carbocycles. The van der Waals surface area contributed by atoms with E-state index in [4.69, 9.17) is 29.4 Å². The van der Waals surface area contributed by atoms with Crippen LogP contribution >= 0.6 is 0 Å². The maximum atomic E-state index is 9.19. The lowest BCUT2D eigenvalue weighted by Gasteiger charge is -2.06. The van der Waals surface area contributed by atoms with Crippen LogP contribution in [0.3, 0.4) is 0 Å². The molecule has 20 heavy (non-hydrogen) atoms. The number of ether oxygens (including phenoxy) is 3. The molecule has 0 bridgehead atoms. The highest BCUT2D eigenvalue weighted by Crippen LogP contribution is 1.88. The molecule has 120 valence electrons. The second-order valence-electron chi connectivity index (χ2n) is 3.30. The fraction of sp³-hybridized carbons (Fsp3) is 1.00. The molecule has 0 aliphatic rings. The van der Waals surface area contributed by atoms with E-state index in [1.807, 2.05) is 6.92 Å². The first-order valence-corrected chi connectivity index (χ1v) is 7.54. The standard InChI is InChI=1S/C8H17N3O4.CH4O3S/c1-2-13-3-4-14-5-6-15-7-8(12)10-11-9;1-5(2,3)4/h8,12H,2-7H2,1H3;1H3,(H,2,3,4). The van der Waals surface area contributed by atoms with Gasteiger partial charge in [0.05, 0.1) is 39.3 Å². The third-order valence-electron chi connectivity index (χ3n) is 1.40. The summed E-state index contributed by atoms with van der Waals surface area (Å²) in [4.78, 5) is 2.43. The molecule has 0 saturated carbocycles. The SMILES string of the molecule is CCOCCOCCOCC(O)N=[N+]=[N-].CS(=O)(=O)O. The predicted octanol–water partition coefficient (Wildman–Crippen LogP) is 0.189. The van der Waals surface area contributed by atoms with Gasteiger partial charge in [-0.1, -0.05) is 5.11 Å². The number of nitrogens with zero attached hydrogens (tertiary/aromatic N) is 3. The van der Waals surface area contributed by atoms with Crippen molar-refractivity contribution < 1.29 is 32.3 Å². The van der Waals surface area contributed by atoms with Crippen molar-refractivity contribution in [2.24, 2.45) is 5.11 Å². The fourth-order valence-electron chi connectivity index (χ4n) is 0.764. The minimum absolute atomic E-state index is 0.0150. The van der Waals surface area contributed by atoms with Crippen molar-refractivity contribution >= 4 is 10.1 Å². The lowest BCUT2D eigenvalue weighted by molar-refractivity contribution is -0.00704. The van der Waals surface area contributed by atoms with Crippen LogP contribution in [-0.4, -0.2) is 70.2 Å². The van der Waals surface area contributed by atoms with Gasteiger partial charge in [0.1, 0.15) is 0 Å². The van der Waals surface area contributed by atoms with Crippen LogP contribution in [0.5, 0.6) is 0 Å². The first-order valence-electron chi connectivity index (χ1n) is 5.69. The van der Waals surface area contributed by atoms with Crippen molar-refractivity contribution in [3.63, 3.8) is 0 Å². The van der Waals surface area contributed by atoms with Crippen LogP contribution in [0, 0.1) is 0 Å². The largest absolute Gasteiger partial charge is 0.385 e. The maximum absolute atomic E-state index is 9.19. The van der Waals surface area contributed by atoms with Crippen LogP contribution in [0.1, 0.15) is 6.92 Å². The Kier molecular flexibility index (Phi) is 15.5. The van der Waals surface area contributed by atoms with Gasteiger partial charge in [0.2, 0.25) is 0 Å². The van der Waals surface area contributed by atoms with E-state index in [2.05, 4.69) is 10.0 Å². The normalized spacial score (nSPS) is 12.0. The zero-order chi connectivity index (χ0) is 15.9. The summed E-state index contributed by atoms with van der Waals surface area (Å²) >= 11 is 0. The molecule has 10 nitrogen and oxygen atoms in total. The maximum Gasteiger partial charge on any atom is 0.261 e. The van der Waals surface area contributed by atoms with Crippen LogP contribution in [0.4, 0.5) is 0 Å². The van der Waals surface area contributed by atoms with Crippen molar-refractivity contribution in [3.8, 4) is 0 Å². The molecule has 0 aromatic heterocycles. The second-order valence-corrected chi connectivity index (χ2v) is 4.77. The smallest absolute Gasteiger partial charge is 0.261 e. The Bertz CT molecular complexity index is 349. The Morgan fingerprint density at radius 2 is 1.65 bits per heavy atom. The van der Waals surface area contributed by atoms with Gasteiger partial charge in [-0.25, -0.2) is 0 Å². The van der Waals surface area contributed by atoms with E-state index in [1.54, 1.807) is 0 Å². The molecular formula is C9H21N3O7S. The summed E-state index contributed by atoms with van der Waals surface area (Å²) in [5, 5.41) is 11.9. The second kappa shape index (κ2) is 14.5. The molecule has 0 saturated heterocycles. The van der Waals surface area contributed by atoms with Gasteiger partial charge in [-0.05, 0) is 12.5 Å². The molecule has 0 heterocycles. The topological polar surface area (TPSA) is 151 Å². The summed E-state index contributed by atoms with van der Waals surface area (Å²) in [6, 6.07) is 0. The molecule has 1 atom stereocenters. The minimum atomic E-state index is -3.67. The lowest BCUT2D eigenvalue weighted by atomic mass is 10.6. The van der Waals surface area contributed by atoms with Gasteiger partial charge >= 0.3 is 0 Å². The lowest BCUT2D eigenvalue weighted by Crippen LogP contribution is -2.15. The van der Waals surface area contributed by atoms with Gasteiger partial charge in [-0.15, -0.1) is 0 Å². The van der Waals surface area contributed by atoms with Crippen molar-refractivity contribution in [2.75, 3.05) is 45.9 Å². The molecule has 0 aliphatic heterocycles. The van der Waals surface area contributed by atoms with E-state index in [9.17, 15) is 8.42 Å². The Labute approximate surface area is 118 Å².